The van der Waals surface area contributed by atoms with Gasteiger partial charge in [-0.2, -0.15) is 4.31 Å². The van der Waals surface area contributed by atoms with Gasteiger partial charge in [-0.3, -0.25) is 0 Å². The summed E-state index contributed by atoms with van der Waals surface area (Å²) in [5.41, 5.74) is 0. The van der Waals surface area contributed by atoms with Crippen molar-refractivity contribution in [3.8, 4) is 17.6 Å². The molecular formula is C14H17NO4S. The fourth-order valence-electron chi connectivity index (χ4n) is 1.98. The van der Waals surface area contributed by atoms with Crippen LogP contribution in [0.3, 0.4) is 0 Å². The first-order valence-corrected chi connectivity index (χ1v) is 7.78. The van der Waals surface area contributed by atoms with Crippen LogP contribution in [-0.4, -0.2) is 43.6 Å². The van der Waals surface area contributed by atoms with Gasteiger partial charge >= 0.3 is 0 Å². The van der Waals surface area contributed by atoms with Gasteiger partial charge in [0.15, 0.2) is 0 Å². The molecule has 1 aromatic carbocycles. The van der Waals surface area contributed by atoms with Crippen LogP contribution in [-0.2, 0) is 10.0 Å². The summed E-state index contributed by atoms with van der Waals surface area (Å²) in [7, 11) is -3.52. The molecule has 0 spiro atoms. The maximum absolute atomic E-state index is 12.3. The summed E-state index contributed by atoms with van der Waals surface area (Å²) >= 11 is 0. The first kappa shape index (κ1) is 14.9. The predicted molar refractivity (Wildman–Crippen MR) is 74.8 cm³/mol. The zero-order valence-corrected chi connectivity index (χ0v) is 12.1. The van der Waals surface area contributed by atoms with Crippen molar-refractivity contribution in [2.45, 2.75) is 24.3 Å². The van der Waals surface area contributed by atoms with Gasteiger partial charge in [0.2, 0.25) is 10.0 Å². The highest BCUT2D eigenvalue weighted by Gasteiger charge is 2.31. The summed E-state index contributed by atoms with van der Waals surface area (Å²) < 4.78 is 31.2. The van der Waals surface area contributed by atoms with Crippen LogP contribution in [0.5, 0.6) is 5.75 Å². The first-order valence-electron chi connectivity index (χ1n) is 6.34. The monoisotopic (exact) mass is 295 g/mol. The van der Waals surface area contributed by atoms with E-state index in [2.05, 4.69) is 11.8 Å². The zero-order chi connectivity index (χ0) is 14.6. The maximum atomic E-state index is 12.3. The van der Waals surface area contributed by atoms with Crippen molar-refractivity contribution in [3.63, 3.8) is 0 Å². The second-order valence-corrected chi connectivity index (χ2v) is 6.43. The normalized spacial score (nSPS) is 19.4. The van der Waals surface area contributed by atoms with Crippen molar-refractivity contribution >= 4 is 10.0 Å². The van der Waals surface area contributed by atoms with Gasteiger partial charge in [0, 0.05) is 13.1 Å². The van der Waals surface area contributed by atoms with E-state index < -0.39 is 16.1 Å². The summed E-state index contributed by atoms with van der Waals surface area (Å²) in [5, 5.41) is 9.44. The summed E-state index contributed by atoms with van der Waals surface area (Å²) in [5.74, 6) is 6.06. The van der Waals surface area contributed by atoms with Gasteiger partial charge in [-0.15, -0.1) is 5.92 Å². The number of aliphatic hydroxyl groups excluding tert-OH is 1. The summed E-state index contributed by atoms with van der Waals surface area (Å²) in [6, 6.07) is 6.23. The van der Waals surface area contributed by atoms with Gasteiger partial charge in [0.25, 0.3) is 0 Å². The summed E-state index contributed by atoms with van der Waals surface area (Å²) in [6.07, 6.45) is -0.0872. The third-order valence-corrected chi connectivity index (χ3v) is 4.95. The van der Waals surface area contributed by atoms with Gasteiger partial charge in [0.05, 0.1) is 11.0 Å². The lowest BCUT2D eigenvalue weighted by Gasteiger charge is -2.15. The van der Waals surface area contributed by atoms with Crippen LogP contribution in [0.1, 0.15) is 13.3 Å². The molecule has 108 valence electrons. The third-order valence-electron chi connectivity index (χ3n) is 3.08. The van der Waals surface area contributed by atoms with Crippen LogP contribution < -0.4 is 4.74 Å². The van der Waals surface area contributed by atoms with Crippen molar-refractivity contribution in [1.29, 1.82) is 0 Å². The number of hydrogen-bond acceptors (Lipinski definition) is 4. The van der Waals surface area contributed by atoms with Crippen molar-refractivity contribution in [2.24, 2.45) is 0 Å². The summed E-state index contributed by atoms with van der Waals surface area (Å²) in [4.78, 5) is 0.209. The number of hydrogen-bond donors (Lipinski definition) is 1. The van der Waals surface area contributed by atoms with Crippen LogP contribution in [0.15, 0.2) is 29.2 Å². The van der Waals surface area contributed by atoms with Gasteiger partial charge < -0.3 is 9.84 Å². The topological polar surface area (TPSA) is 66.8 Å². The SMILES string of the molecule is CC#CCOc1ccc(S(=O)(=O)N2CC[C@@H](O)C2)cc1. The molecule has 20 heavy (non-hydrogen) atoms. The minimum atomic E-state index is -3.52. The molecule has 5 nitrogen and oxygen atoms in total. The molecule has 0 radical (unpaired) electrons. The lowest BCUT2D eigenvalue weighted by Crippen LogP contribution is -2.29. The standard InChI is InChI=1S/C14H17NO4S/c1-2-3-10-19-13-4-6-14(7-5-13)20(17,18)15-9-8-12(16)11-15/h4-7,12,16H,8-11H2,1H3/t12-/m1/s1. The molecule has 1 N–H and O–H groups in total. The molecule has 0 aliphatic carbocycles. The highest BCUT2D eigenvalue weighted by atomic mass is 32.2. The molecule has 0 unspecified atom stereocenters. The number of ether oxygens (including phenoxy) is 1. The van der Waals surface area contributed by atoms with E-state index in [4.69, 9.17) is 4.74 Å². The lowest BCUT2D eigenvalue weighted by molar-refractivity contribution is 0.189. The van der Waals surface area contributed by atoms with E-state index in [0.29, 0.717) is 18.7 Å². The molecule has 1 aliphatic heterocycles. The molecule has 6 heteroatoms. The average molecular weight is 295 g/mol. The Kier molecular flexibility index (Phi) is 4.65. The highest BCUT2D eigenvalue weighted by molar-refractivity contribution is 7.89. The van der Waals surface area contributed by atoms with Gasteiger partial charge in [-0.1, -0.05) is 5.92 Å². The molecule has 1 aliphatic rings. The smallest absolute Gasteiger partial charge is 0.243 e. The van der Waals surface area contributed by atoms with Gasteiger partial charge in [-0.25, -0.2) is 8.42 Å². The second kappa shape index (κ2) is 6.27. The Labute approximate surface area is 119 Å². The molecule has 1 fully saturated rings. The van der Waals surface area contributed by atoms with Crippen LogP contribution in [0.4, 0.5) is 0 Å². The highest BCUT2D eigenvalue weighted by Crippen LogP contribution is 2.23. The zero-order valence-electron chi connectivity index (χ0n) is 11.2. The van der Waals surface area contributed by atoms with E-state index in [1.54, 1.807) is 19.1 Å². The Morgan fingerprint density at radius 2 is 2.10 bits per heavy atom. The van der Waals surface area contributed by atoms with Crippen LogP contribution >= 0.6 is 0 Å². The van der Waals surface area contributed by atoms with E-state index in [0.717, 1.165) is 0 Å². The fraction of sp³-hybridized carbons (Fsp3) is 0.429. The number of nitrogens with zero attached hydrogens (tertiary/aromatic N) is 1. The average Bonchev–Trinajstić information content (AvgIpc) is 2.87. The molecule has 1 atom stereocenters. The number of β-amino-alcohol motifs (C(OH)–C–C–N with tert-alkyl or cyclic N) is 1. The number of aliphatic hydroxyl groups is 1. The predicted octanol–water partition coefficient (Wildman–Crippen LogP) is 0.844. The fourth-order valence-corrected chi connectivity index (χ4v) is 3.47. The Morgan fingerprint density at radius 1 is 1.40 bits per heavy atom. The van der Waals surface area contributed by atoms with Crippen molar-refractivity contribution in [2.75, 3.05) is 19.7 Å². The van der Waals surface area contributed by atoms with Crippen molar-refractivity contribution in [3.05, 3.63) is 24.3 Å². The molecule has 2 rings (SSSR count). The number of benzene rings is 1. The van der Waals surface area contributed by atoms with E-state index >= 15 is 0 Å². The second-order valence-electron chi connectivity index (χ2n) is 4.49. The molecule has 0 amide bonds. The lowest BCUT2D eigenvalue weighted by atomic mass is 10.3. The Morgan fingerprint density at radius 3 is 2.65 bits per heavy atom. The van der Waals surface area contributed by atoms with Crippen LogP contribution in [0.2, 0.25) is 0 Å². The number of rotatable bonds is 4. The van der Waals surface area contributed by atoms with E-state index in [9.17, 15) is 13.5 Å². The van der Waals surface area contributed by atoms with Crippen LogP contribution in [0.25, 0.3) is 0 Å². The van der Waals surface area contributed by atoms with E-state index in [-0.39, 0.29) is 18.0 Å². The third kappa shape index (κ3) is 3.31. The maximum Gasteiger partial charge on any atom is 0.243 e. The number of sulfonamides is 1. The van der Waals surface area contributed by atoms with Gasteiger partial charge in [0.1, 0.15) is 12.4 Å². The molecule has 1 saturated heterocycles. The molecule has 0 saturated carbocycles. The minimum Gasteiger partial charge on any atom is -0.481 e. The Bertz CT molecular complexity index is 613. The molecule has 1 heterocycles. The molecule has 1 aromatic rings. The van der Waals surface area contributed by atoms with Crippen LogP contribution in [0, 0.1) is 11.8 Å². The molecule has 0 aromatic heterocycles. The molecule has 0 bridgehead atoms. The quantitative estimate of drug-likeness (QED) is 0.836. The van der Waals surface area contributed by atoms with E-state index in [1.165, 1.54) is 16.4 Å². The first-order chi connectivity index (χ1) is 9.54. The minimum absolute atomic E-state index is 0.159. The Balaban J connectivity index is 2.10. The Hall–Kier alpha value is -1.55. The summed E-state index contributed by atoms with van der Waals surface area (Å²) in [6.45, 7) is 2.52. The van der Waals surface area contributed by atoms with Gasteiger partial charge in [-0.05, 0) is 37.6 Å². The molecular weight excluding hydrogens is 278 g/mol. The van der Waals surface area contributed by atoms with Crippen molar-refractivity contribution < 1.29 is 18.3 Å². The van der Waals surface area contributed by atoms with Crippen molar-refractivity contribution in [1.82, 2.24) is 4.31 Å². The van der Waals surface area contributed by atoms with E-state index in [1.807, 2.05) is 0 Å². The largest absolute Gasteiger partial charge is 0.481 e.